The smallest absolute Gasteiger partial charge is 0.264 e. The molecule has 8 nitrogen and oxygen atoms in total. The second kappa shape index (κ2) is 8.51. The number of hydrogen-bond acceptors (Lipinski definition) is 6. The predicted octanol–water partition coefficient (Wildman–Crippen LogP) is 3.12. The minimum atomic E-state index is -3.52. The lowest BCUT2D eigenvalue weighted by atomic mass is 9.93. The van der Waals surface area contributed by atoms with Crippen molar-refractivity contribution in [3.63, 3.8) is 0 Å². The summed E-state index contributed by atoms with van der Waals surface area (Å²) in [6.07, 6.45) is 4.87. The van der Waals surface area contributed by atoms with Gasteiger partial charge in [0, 0.05) is 29.9 Å². The Morgan fingerprint density at radius 1 is 0.912 bits per heavy atom. The number of benzene rings is 2. The standard InChI is InChI=1S/C25H21N3O5S/c1-34(31,32)33-14-6-13-28-15-20(19-11-5-12-26-23(19)28)22-21(24(29)27-25(22)30)18-10-4-8-16-7-2-3-9-17(16)18/h2-5,7-12,15H,6,13-14H2,1H3,(H,27,29,30). The minimum absolute atomic E-state index is 0.0313. The molecule has 0 saturated heterocycles. The van der Waals surface area contributed by atoms with E-state index in [1.807, 2.05) is 53.1 Å². The molecule has 0 atom stereocenters. The molecule has 3 heterocycles. The number of carbonyl (C=O) groups is 2. The highest BCUT2D eigenvalue weighted by molar-refractivity contribution is 7.85. The van der Waals surface area contributed by atoms with E-state index < -0.39 is 21.9 Å². The Morgan fingerprint density at radius 2 is 1.62 bits per heavy atom. The largest absolute Gasteiger partial charge is 0.332 e. The molecule has 5 rings (SSSR count). The topological polar surface area (TPSA) is 107 Å². The van der Waals surface area contributed by atoms with E-state index in [9.17, 15) is 18.0 Å². The first-order valence-electron chi connectivity index (χ1n) is 10.7. The molecule has 1 aliphatic heterocycles. The maximum Gasteiger partial charge on any atom is 0.264 e. The average Bonchev–Trinajstić information content (AvgIpc) is 3.31. The summed E-state index contributed by atoms with van der Waals surface area (Å²) in [6.45, 7) is 0.457. The Labute approximate surface area is 196 Å². The summed E-state index contributed by atoms with van der Waals surface area (Å²) in [5, 5.41) is 5.02. The maximum absolute atomic E-state index is 13.0. The van der Waals surface area contributed by atoms with Gasteiger partial charge in [-0.05, 0) is 34.9 Å². The molecule has 4 aromatic rings. The summed E-state index contributed by atoms with van der Waals surface area (Å²) in [7, 11) is -3.52. The number of hydrogen-bond donors (Lipinski definition) is 1. The van der Waals surface area contributed by atoms with Gasteiger partial charge in [0.1, 0.15) is 5.65 Å². The fourth-order valence-electron chi connectivity index (χ4n) is 4.35. The van der Waals surface area contributed by atoms with Gasteiger partial charge in [0.2, 0.25) is 0 Å². The zero-order valence-electron chi connectivity index (χ0n) is 18.3. The van der Waals surface area contributed by atoms with Crippen LogP contribution in [0.1, 0.15) is 17.5 Å². The van der Waals surface area contributed by atoms with Crippen LogP contribution in [0.2, 0.25) is 0 Å². The molecule has 172 valence electrons. The van der Waals surface area contributed by atoms with Gasteiger partial charge < -0.3 is 4.57 Å². The number of pyridine rings is 1. The van der Waals surface area contributed by atoms with Gasteiger partial charge in [-0.3, -0.25) is 19.1 Å². The predicted molar refractivity (Wildman–Crippen MR) is 129 cm³/mol. The lowest BCUT2D eigenvalue weighted by Crippen LogP contribution is -2.22. The molecule has 0 aliphatic carbocycles. The number of aromatic nitrogens is 2. The summed E-state index contributed by atoms with van der Waals surface area (Å²) in [6, 6.07) is 17.0. The number of aryl methyl sites for hydroxylation is 1. The SMILES string of the molecule is CS(=O)(=O)OCCCn1cc(C2=C(c3cccc4ccccc34)C(=O)NC2=O)c2cccnc21. The van der Waals surface area contributed by atoms with Crippen LogP contribution in [0.15, 0.2) is 67.0 Å². The van der Waals surface area contributed by atoms with Gasteiger partial charge in [-0.25, -0.2) is 4.98 Å². The molecule has 1 N–H and O–H groups in total. The Hall–Kier alpha value is -3.82. The van der Waals surface area contributed by atoms with Crippen LogP contribution in [0.3, 0.4) is 0 Å². The molecule has 34 heavy (non-hydrogen) atoms. The Kier molecular flexibility index (Phi) is 5.51. The number of nitrogens with one attached hydrogen (secondary N) is 1. The molecule has 1 aliphatic rings. The molecule has 0 bridgehead atoms. The third kappa shape index (κ3) is 4.00. The summed E-state index contributed by atoms with van der Waals surface area (Å²) in [4.78, 5) is 30.5. The number of imide groups is 1. The van der Waals surface area contributed by atoms with Gasteiger partial charge in [0.05, 0.1) is 24.0 Å². The number of nitrogens with zero attached hydrogens (tertiary/aromatic N) is 2. The van der Waals surface area contributed by atoms with Crippen LogP contribution in [0.4, 0.5) is 0 Å². The summed E-state index contributed by atoms with van der Waals surface area (Å²) >= 11 is 0. The molecular weight excluding hydrogens is 454 g/mol. The maximum atomic E-state index is 13.0. The van der Waals surface area contributed by atoms with Crippen molar-refractivity contribution < 1.29 is 22.2 Å². The number of amides is 2. The quantitative estimate of drug-likeness (QED) is 0.250. The first-order valence-corrected chi connectivity index (χ1v) is 12.5. The van der Waals surface area contributed by atoms with E-state index in [0.717, 1.165) is 22.4 Å². The van der Waals surface area contributed by atoms with Gasteiger partial charge in [0.25, 0.3) is 21.9 Å². The first-order chi connectivity index (χ1) is 16.3. The lowest BCUT2D eigenvalue weighted by Gasteiger charge is -2.08. The molecule has 0 saturated carbocycles. The number of fused-ring (bicyclic) bond motifs is 2. The molecule has 2 aromatic heterocycles. The highest BCUT2D eigenvalue weighted by Gasteiger charge is 2.34. The molecule has 9 heteroatoms. The fraction of sp³-hybridized carbons (Fsp3) is 0.160. The van der Waals surface area contributed by atoms with Crippen LogP contribution in [0.25, 0.3) is 33.0 Å². The Bertz CT molecular complexity index is 1600. The van der Waals surface area contributed by atoms with Gasteiger partial charge in [-0.2, -0.15) is 8.42 Å². The first kappa shape index (κ1) is 22.0. The molecule has 2 aromatic carbocycles. The van der Waals surface area contributed by atoms with Crippen molar-refractivity contribution in [2.24, 2.45) is 0 Å². The van der Waals surface area contributed by atoms with Crippen LogP contribution in [-0.4, -0.2) is 42.6 Å². The second-order valence-corrected chi connectivity index (χ2v) is 9.69. The Morgan fingerprint density at radius 3 is 2.41 bits per heavy atom. The van der Waals surface area contributed by atoms with E-state index in [1.165, 1.54) is 0 Å². The summed E-state index contributed by atoms with van der Waals surface area (Å²) < 4.78 is 29.2. The van der Waals surface area contributed by atoms with Crippen LogP contribution >= 0.6 is 0 Å². The second-order valence-electron chi connectivity index (χ2n) is 8.05. The zero-order chi connectivity index (χ0) is 23.9. The van der Waals surface area contributed by atoms with Gasteiger partial charge in [-0.1, -0.05) is 42.5 Å². The third-order valence-corrected chi connectivity index (χ3v) is 6.33. The van der Waals surface area contributed by atoms with Gasteiger partial charge >= 0.3 is 0 Å². The summed E-state index contributed by atoms with van der Waals surface area (Å²) in [5.74, 6) is -0.904. The molecular formula is C25H21N3O5S. The van der Waals surface area contributed by atoms with Crippen molar-refractivity contribution in [3.05, 3.63) is 78.1 Å². The van der Waals surface area contributed by atoms with E-state index in [4.69, 9.17) is 4.18 Å². The van der Waals surface area contributed by atoms with E-state index in [-0.39, 0.29) is 6.61 Å². The minimum Gasteiger partial charge on any atom is -0.332 e. The van der Waals surface area contributed by atoms with E-state index in [0.29, 0.717) is 40.9 Å². The van der Waals surface area contributed by atoms with Crippen LogP contribution in [-0.2, 0) is 30.4 Å². The van der Waals surface area contributed by atoms with Crippen LogP contribution in [0, 0.1) is 0 Å². The van der Waals surface area contributed by atoms with Crippen molar-refractivity contribution >= 4 is 54.9 Å². The third-order valence-electron chi connectivity index (χ3n) is 5.73. The highest BCUT2D eigenvalue weighted by atomic mass is 32.2. The normalized spacial score (nSPS) is 14.4. The van der Waals surface area contributed by atoms with E-state index in [2.05, 4.69) is 10.3 Å². The van der Waals surface area contributed by atoms with Crippen molar-refractivity contribution in [1.82, 2.24) is 14.9 Å². The number of carbonyl (C=O) groups excluding carboxylic acids is 2. The van der Waals surface area contributed by atoms with Gasteiger partial charge in [0.15, 0.2) is 0 Å². The summed E-state index contributed by atoms with van der Waals surface area (Å²) in [5.41, 5.74) is 2.53. The highest BCUT2D eigenvalue weighted by Crippen LogP contribution is 2.37. The van der Waals surface area contributed by atoms with Crippen molar-refractivity contribution in [3.8, 4) is 0 Å². The van der Waals surface area contributed by atoms with E-state index >= 15 is 0 Å². The van der Waals surface area contributed by atoms with Crippen LogP contribution in [0.5, 0.6) is 0 Å². The lowest BCUT2D eigenvalue weighted by molar-refractivity contribution is -0.122. The van der Waals surface area contributed by atoms with Gasteiger partial charge in [-0.15, -0.1) is 0 Å². The number of rotatable bonds is 7. The van der Waals surface area contributed by atoms with Crippen molar-refractivity contribution in [2.75, 3.05) is 12.9 Å². The zero-order valence-corrected chi connectivity index (χ0v) is 19.1. The molecule has 0 fully saturated rings. The van der Waals surface area contributed by atoms with Crippen molar-refractivity contribution in [2.45, 2.75) is 13.0 Å². The molecule has 0 radical (unpaired) electrons. The van der Waals surface area contributed by atoms with Crippen LogP contribution < -0.4 is 5.32 Å². The average molecular weight is 476 g/mol. The molecule has 0 spiro atoms. The monoisotopic (exact) mass is 475 g/mol. The molecule has 0 unspecified atom stereocenters. The Balaban J connectivity index is 1.65. The fourth-order valence-corrected chi connectivity index (χ4v) is 4.77. The molecule has 2 amide bonds. The van der Waals surface area contributed by atoms with Crippen molar-refractivity contribution in [1.29, 1.82) is 0 Å². The van der Waals surface area contributed by atoms with E-state index in [1.54, 1.807) is 18.5 Å².